The molecule has 0 saturated heterocycles. The van der Waals surface area contributed by atoms with Crippen LogP contribution in [0.25, 0.3) is 111 Å². The summed E-state index contributed by atoms with van der Waals surface area (Å²) in [6, 6.07) is 68.1. The van der Waals surface area contributed by atoms with Gasteiger partial charge in [0.25, 0.3) is 0 Å². The van der Waals surface area contributed by atoms with Crippen LogP contribution in [0.1, 0.15) is 0 Å². The highest BCUT2D eigenvalue weighted by molar-refractivity contribution is 6.20. The van der Waals surface area contributed by atoms with Crippen molar-refractivity contribution in [3.8, 4) is 51.0 Å². The van der Waals surface area contributed by atoms with Gasteiger partial charge in [0.15, 0.2) is 17.5 Å². The van der Waals surface area contributed by atoms with Gasteiger partial charge in [-0.05, 0) is 65.0 Å². The molecule has 0 saturated carbocycles. The molecule has 0 unspecified atom stereocenters. The van der Waals surface area contributed by atoms with E-state index in [1.165, 1.54) is 21.5 Å². The zero-order valence-corrected chi connectivity index (χ0v) is 31.2. The lowest BCUT2D eigenvalue weighted by Crippen LogP contribution is -2.00. The molecule has 58 heavy (non-hydrogen) atoms. The molecule has 8 aromatic carbocycles. The number of rotatable bonds is 5. The molecule has 0 aliphatic carbocycles. The highest BCUT2D eigenvalue weighted by Gasteiger charge is 2.19. The number of fused-ring (bicyclic) bond motifs is 11. The van der Waals surface area contributed by atoms with E-state index in [4.69, 9.17) is 19.9 Å². The Morgan fingerprint density at radius 1 is 0.293 bits per heavy atom. The number of imidazole rings is 1. The molecule has 6 nitrogen and oxygen atoms in total. The summed E-state index contributed by atoms with van der Waals surface area (Å²) in [5.41, 5.74) is 12.5. The topological polar surface area (TPSA) is 60.9 Å². The average Bonchev–Trinajstić information content (AvgIpc) is 3.85. The summed E-state index contributed by atoms with van der Waals surface area (Å²) in [7, 11) is 0. The molecular weight excluding hydrogens is 709 g/mol. The molecule has 4 aromatic heterocycles. The van der Waals surface area contributed by atoms with Crippen molar-refractivity contribution in [2.24, 2.45) is 0 Å². The van der Waals surface area contributed by atoms with Gasteiger partial charge in [0.05, 0.1) is 27.6 Å². The van der Waals surface area contributed by atoms with Crippen LogP contribution in [0.3, 0.4) is 0 Å². The number of benzene rings is 8. The van der Waals surface area contributed by atoms with E-state index >= 15 is 0 Å². The van der Waals surface area contributed by atoms with Crippen molar-refractivity contribution in [2.75, 3.05) is 0 Å². The Morgan fingerprint density at radius 2 is 0.828 bits per heavy atom. The van der Waals surface area contributed by atoms with Crippen molar-refractivity contribution in [2.45, 2.75) is 0 Å². The third kappa shape index (κ3) is 5.05. The van der Waals surface area contributed by atoms with Gasteiger partial charge < -0.3 is 4.57 Å². The van der Waals surface area contributed by atoms with Crippen LogP contribution in [0.5, 0.6) is 0 Å². The van der Waals surface area contributed by atoms with Gasteiger partial charge in [0, 0.05) is 43.9 Å². The van der Waals surface area contributed by atoms with Crippen LogP contribution in [0, 0.1) is 0 Å². The summed E-state index contributed by atoms with van der Waals surface area (Å²) in [6.45, 7) is 0. The van der Waals surface area contributed by atoms with Crippen molar-refractivity contribution in [3.63, 3.8) is 0 Å². The van der Waals surface area contributed by atoms with Crippen LogP contribution in [-0.4, -0.2) is 28.9 Å². The second kappa shape index (κ2) is 12.8. The molecule has 0 bridgehead atoms. The minimum atomic E-state index is 0.630. The van der Waals surface area contributed by atoms with Gasteiger partial charge in [0.2, 0.25) is 0 Å². The number of para-hydroxylation sites is 3. The smallest absolute Gasteiger partial charge is 0.164 e. The molecule has 0 atom stereocenters. The van der Waals surface area contributed by atoms with Crippen molar-refractivity contribution in [1.82, 2.24) is 28.9 Å². The summed E-state index contributed by atoms with van der Waals surface area (Å²) in [5.74, 6) is 1.92. The number of hydrogen-bond donors (Lipinski definition) is 0. The maximum atomic E-state index is 5.16. The molecule has 0 fully saturated rings. The quantitative estimate of drug-likeness (QED) is 0.165. The molecule has 12 rings (SSSR count). The average molecular weight is 741 g/mol. The van der Waals surface area contributed by atoms with E-state index in [1.807, 2.05) is 60.7 Å². The number of hydrogen-bond acceptors (Lipinski definition) is 4. The van der Waals surface area contributed by atoms with Crippen LogP contribution in [-0.2, 0) is 0 Å². The summed E-state index contributed by atoms with van der Waals surface area (Å²) >= 11 is 0. The Labute approximate surface area is 333 Å². The largest absolute Gasteiger partial charge is 0.309 e. The summed E-state index contributed by atoms with van der Waals surface area (Å²) in [6.07, 6.45) is 0. The fourth-order valence-electron chi connectivity index (χ4n) is 8.65. The summed E-state index contributed by atoms with van der Waals surface area (Å²) < 4.78 is 4.74. The van der Waals surface area contributed by atoms with E-state index in [2.05, 4.69) is 142 Å². The van der Waals surface area contributed by atoms with E-state index in [-0.39, 0.29) is 0 Å². The summed E-state index contributed by atoms with van der Waals surface area (Å²) in [5, 5.41) is 5.98. The van der Waals surface area contributed by atoms with Crippen molar-refractivity contribution >= 4 is 60.2 Å². The van der Waals surface area contributed by atoms with E-state index in [0.29, 0.717) is 17.5 Å². The van der Waals surface area contributed by atoms with E-state index in [9.17, 15) is 0 Å². The highest BCUT2D eigenvalue weighted by Crippen LogP contribution is 2.40. The van der Waals surface area contributed by atoms with E-state index in [1.54, 1.807) is 0 Å². The molecule has 0 N–H and O–H groups in total. The molecular formula is C52H32N6. The van der Waals surface area contributed by atoms with Gasteiger partial charge in [-0.25, -0.2) is 19.9 Å². The fourth-order valence-corrected chi connectivity index (χ4v) is 8.65. The lowest BCUT2D eigenvalue weighted by atomic mass is 10.0. The first kappa shape index (κ1) is 32.3. The SMILES string of the molecule is c1ccc(-c2nc(-c3ccccc3)nc(-c3cccc(-c4cccc(-n5c6ccccc6c6cc7c8ccccc8c8nc9ccccc9n8c7cc65)c4)c3)n2)cc1. The highest BCUT2D eigenvalue weighted by atomic mass is 15.0. The van der Waals surface area contributed by atoms with Crippen LogP contribution in [0.2, 0.25) is 0 Å². The molecule has 0 radical (unpaired) electrons. The van der Waals surface area contributed by atoms with E-state index < -0.39 is 0 Å². The van der Waals surface area contributed by atoms with Gasteiger partial charge in [-0.2, -0.15) is 0 Å². The lowest BCUT2D eigenvalue weighted by molar-refractivity contribution is 1.07. The van der Waals surface area contributed by atoms with Gasteiger partial charge in [0.1, 0.15) is 5.65 Å². The zero-order valence-electron chi connectivity index (χ0n) is 31.2. The Morgan fingerprint density at radius 3 is 1.57 bits per heavy atom. The van der Waals surface area contributed by atoms with Crippen LogP contribution in [0.15, 0.2) is 194 Å². The van der Waals surface area contributed by atoms with Crippen LogP contribution < -0.4 is 0 Å². The Kier molecular flexibility index (Phi) is 7.13. The molecule has 12 aromatic rings. The maximum absolute atomic E-state index is 5.16. The van der Waals surface area contributed by atoms with E-state index in [0.717, 1.165) is 72.1 Å². The Bertz CT molecular complexity index is 3510. The Balaban J connectivity index is 1.05. The molecule has 6 heteroatoms. The maximum Gasteiger partial charge on any atom is 0.164 e. The van der Waals surface area contributed by atoms with Crippen LogP contribution in [0.4, 0.5) is 0 Å². The third-order valence-corrected chi connectivity index (χ3v) is 11.3. The number of nitrogens with zero attached hydrogens (tertiary/aromatic N) is 6. The molecule has 4 heterocycles. The van der Waals surface area contributed by atoms with Gasteiger partial charge in [-0.1, -0.05) is 146 Å². The molecule has 0 amide bonds. The van der Waals surface area contributed by atoms with Crippen molar-refractivity contribution in [1.29, 1.82) is 0 Å². The first-order valence-corrected chi connectivity index (χ1v) is 19.5. The standard InChI is InChI=1S/C52H32N6/c1-3-15-33(16-4-1)49-54-50(34-17-5-2-6-18-34)56-51(55-49)37-21-13-19-35(29-37)36-20-14-22-38(30-36)57-45-27-11-9-24-40(45)43-31-42-39-23-7-8-25-41(39)52-53-44-26-10-12-28-46(44)58(52)48(42)32-47(43)57/h1-32H. The molecule has 0 spiro atoms. The number of pyridine rings is 1. The minimum absolute atomic E-state index is 0.630. The lowest BCUT2D eigenvalue weighted by Gasteiger charge is -2.13. The fraction of sp³-hybridized carbons (Fsp3) is 0. The van der Waals surface area contributed by atoms with Gasteiger partial charge >= 0.3 is 0 Å². The van der Waals surface area contributed by atoms with Gasteiger partial charge in [-0.15, -0.1) is 0 Å². The van der Waals surface area contributed by atoms with Gasteiger partial charge in [-0.3, -0.25) is 4.40 Å². The molecule has 270 valence electrons. The zero-order chi connectivity index (χ0) is 38.2. The monoisotopic (exact) mass is 740 g/mol. The molecule has 0 aliphatic heterocycles. The second-order valence-corrected chi connectivity index (χ2v) is 14.7. The van der Waals surface area contributed by atoms with Crippen molar-refractivity contribution < 1.29 is 0 Å². The minimum Gasteiger partial charge on any atom is -0.309 e. The normalized spacial score (nSPS) is 11.8. The predicted molar refractivity (Wildman–Crippen MR) is 237 cm³/mol. The Hall–Kier alpha value is -7.96. The first-order chi connectivity index (χ1) is 28.7. The van der Waals surface area contributed by atoms with Crippen LogP contribution >= 0.6 is 0 Å². The van der Waals surface area contributed by atoms with Crippen molar-refractivity contribution in [3.05, 3.63) is 194 Å². The number of aromatic nitrogens is 6. The predicted octanol–water partition coefficient (Wildman–Crippen LogP) is 12.7. The first-order valence-electron chi connectivity index (χ1n) is 19.5. The second-order valence-electron chi connectivity index (χ2n) is 14.7. The third-order valence-electron chi connectivity index (χ3n) is 11.3. The summed E-state index contributed by atoms with van der Waals surface area (Å²) in [4.78, 5) is 20.1. The molecule has 0 aliphatic rings.